The highest BCUT2D eigenvalue weighted by Crippen LogP contribution is 2.31. The summed E-state index contributed by atoms with van der Waals surface area (Å²) in [5.41, 5.74) is 0.998. The Kier molecular flexibility index (Phi) is 5.89. The van der Waals surface area contributed by atoms with Gasteiger partial charge in [0.2, 0.25) is 10.0 Å². The van der Waals surface area contributed by atoms with Crippen molar-refractivity contribution >= 4 is 21.6 Å². The van der Waals surface area contributed by atoms with E-state index in [4.69, 9.17) is 9.47 Å². The van der Waals surface area contributed by atoms with Crippen molar-refractivity contribution in [2.24, 2.45) is 0 Å². The van der Waals surface area contributed by atoms with Gasteiger partial charge in [-0.2, -0.15) is 0 Å². The minimum atomic E-state index is -3.53. The molecule has 0 fully saturated rings. The molecule has 8 heteroatoms. The average molecular weight is 378 g/mol. The molecule has 2 aromatic carbocycles. The Morgan fingerprint density at radius 1 is 0.885 bits per heavy atom. The van der Waals surface area contributed by atoms with Crippen LogP contribution in [-0.4, -0.2) is 54.0 Å². The Bertz CT molecular complexity index is 892. The summed E-state index contributed by atoms with van der Waals surface area (Å²) in [6.07, 6.45) is 0. The lowest BCUT2D eigenvalue weighted by molar-refractivity contribution is 0.0993. The first-order valence-corrected chi connectivity index (χ1v) is 9.19. The molecule has 0 radical (unpaired) electrons. The maximum atomic E-state index is 12.7. The summed E-state index contributed by atoms with van der Waals surface area (Å²) in [6.45, 7) is 0. The van der Waals surface area contributed by atoms with Crippen molar-refractivity contribution in [3.8, 4) is 11.5 Å². The van der Waals surface area contributed by atoms with Gasteiger partial charge in [-0.15, -0.1) is 0 Å². The van der Waals surface area contributed by atoms with Crippen LogP contribution >= 0.6 is 0 Å². The van der Waals surface area contributed by atoms with Gasteiger partial charge in [-0.25, -0.2) is 12.7 Å². The fraction of sp³-hybridized carbons (Fsp3) is 0.278. The van der Waals surface area contributed by atoms with Crippen LogP contribution in [0.4, 0.5) is 5.69 Å². The molecule has 0 aliphatic carbocycles. The maximum absolute atomic E-state index is 12.7. The Hall–Kier alpha value is -2.58. The molecule has 2 aromatic rings. The van der Waals surface area contributed by atoms with Gasteiger partial charge in [0.05, 0.1) is 19.1 Å². The van der Waals surface area contributed by atoms with Crippen molar-refractivity contribution in [3.05, 3.63) is 48.0 Å². The van der Waals surface area contributed by atoms with Crippen LogP contribution in [-0.2, 0) is 10.0 Å². The first-order chi connectivity index (χ1) is 12.2. The van der Waals surface area contributed by atoms with Gasteiger partial charge in [-0.3, -0.25) is 4.79 Å². The van der Waals surface area contributed by atoms with E-state index in [-0.39, 0.29) is 10.8 Å². The Morgan fingerprint density at radius 2 is 1.46 bits per heavy atom. The summed E-state index contributed by atoms with van der Waals surface area (Å²) < 4.78 is 35.8. The smallest absolute Gasteiger partial charge is 0.258 e. The van der Waals surface area contributed by atoms with Gasteiger partial charge in [0.25, 0.3) is 5.91 Å². The number of carbonyl (C=O) groups excluding carboxylic acids is 1. The standard InChI is InChI=1S/C18H22N2O5S/c1-19(2)26(22,23)15-9-6-13(7-10-15)18(21)20(3)14-8-11-16(24-4)17(12-14)25-5/h6-12H,1-5H3. The molecule has 0 aromatic heterocycles. The Morgan fingerprint density at radius 3 is 1.96 bits per heavy atom. The third-order valence-electron chi connectivity index (χ3n) is 3.94. The predicted molar refractivity (Wildman–Crippen MR) is 99.6 cm³/mol. The van der Waals surface area contributed by atoms with E-state index in [1.165, 1.54) is 57.5 Å². The van der Waals surface area contributed by atoms with Crippen molar-refractivity contribution in [2.75, 3.05) is 40.3 Å². The SMILES string of the molecule is COc1ccc(N(C)C(=O)c2ccc(S(=O)(=O)N(C)C)cc2)cc1OC. The number of methoxy groups -OCH3 is 2. The summed E-state index contributed by atoms with van der Waals surface area (Å²) >= 11 is 0. The molecule has 0 spiro atoms. The van der Waals surface area contributed by atoms with Gasteiger partial charge in [0.1, 0.15) is 0 Å². The van der Waals surface area contributed by atoms with E-state index >= 15 is 0 Å². The lowest BCUT2D eigenvalue weighted by Gasteiger charge is -2.19. The molecule has 0 heterocycles. The van der Waals surface area contributed by atoms with E-state index in [0.29, 0.717) is 22.7 Å². The number of anilines is 1. The highest BCUT2D eigenvalue weighted by atomic mass is 32.2. The van der Waals surface area contributed by atoms with Crippen molar-refractivity contribution in [3.63, 3.8) is 0 Å². The van der Waals surface area contributed by atoms with Gasteiger partial charge >= 0.3 is 0 Å². The summed E-state index contributed by atoms with van der Waals surface area (Å²) in [6, 6.07) is 11.0. The fourth-order valence-electron chi connectivity index (χ4n) is 2.32. The molecule has 140 valence electrons. The van der Waals surface area contributed by atoms with Crippen LogP contribution in [0.1, 0.15) is 10.4 Å². The number of rotatable bonds is 6. The number of hydrogen-bond donors (Lipinski definition) is 0. The largest absolute Gasteiger partial charge is 0.493 e. The number of carbonyl (C=O) groups is 1. The Labute approximate surface area is 153 Å². The van der Waals surface area contributed by atoms with Gasteiger partial charge < -0.3 is 14.4 Å². The van der Waals surface area contributed by atoms with Crippen LogP contribution < -0.4 is 14.4 Å². The number of amides is 1. The van der Waals surface area contributed by atoms with Crippen LogP contribution in [0, 0.1) is 0 Å². The first-order valence-electron chi connectivity index (χ1n) is 7.75. The fourth-order valence-corrected chi connectivity index (χ4v) is 3.23. The second-order valence-corrected chi connectivity index (χ2v) is 7.87. The molecule has 0 N–H and O–H groups in total. The molecule has 0 atom stereocenters. The molecule has 0 bridgehead atoms. The van der Waals surface area contributed by atoms with E-state index in [0.717, 1.165) is 4.31 Å². The zero-order valence-electron chi connectivity index (χ0n) is 15.4. The van der Waals surface area contributed by atoms with Gasteiger partial charge in [0, 0.05) is 38.5 Å². The van der Waals surface area contributed by atoms with Crippen molar-refractivity contribution in [1.82, 2.24) is 4.31 Å². The number of nitrogens with zero attached hydrogens (tertiary/aromatic N) is 2. The van der Waals surface area contributed by atoms with Crippen LogP contribution in [0.15, 0.2) is 47.4 Å². The zero-order chi connectivity index (χ0) is 19.5. The zero-order valence-corrected chi connectivity index (χ0v) is 16.2. The number of ether oxygens (including phenoxy) is 2. The third-order valence-corrected chi connectivity index (χ3v) is 5.77. The minimum absolute atomic E-state index is 0.132. The second kappa shape index (κ2) is 7.76. The molecular formula is C18H22N2O5S. The van der Waals surface area contributed by atoms with Crippen molar-refractivity contribution in [1.29, 1.82) is 0 Å². The van der Waals surface area contributed by atoms with Crippen molar-refractivity contribution < 1.29 is 22.7 Å². The average Bonchev–Trinajstić information content (AvgIpc) is 2.66. The minimum Gasteiger partial charge on any atom is -0.493 e. The summed E-state index contributed by atoms with van der Waals surface area (Å²) in [5, 5.41) is 0. The third kappa shape index (κ3) is 3.81. The number of hydrogen-bond acceptors (Lipinski definition) is 5. The van der Waals surface area contributed by atoms with E-state index < -0.39 is 10.0 Å². The van der Waals surface area contributed by atoms with Crippen molar-refractivity contribution in [2.45, 2.75) is 4.90 Å². The Balaban J connectivity index is 2.29. The highest BCUT2D eigenvalue weighted by molar-refractivity contribution is 7.89. The molecule has 0 saturated carbocycles. The van der Waals surface area contributed by atoms with Crippen LogP contribution in [0.5, 0.6) is 11.5 Å². The number of sulfonamides is 1. The molecule has 0 unspecified atom stereocenters. The van der Waals surface area contributed by atoms with E-state index in [1.54, 1.807) is 25.2 Å². The highest BCUT2D eigenvalue weighted by Gasteiger charge is 2.19. The topological polar surface area (TPSA) is 76.2 Å². The normalized spacial score (nSPS) is 11.3. The summed E-state index contributed by atoms with van der Waals surface area (Å²) in [5.74, 6) is 0.804. The van der Waals surface area contributed by atoms with Crippen LogP contribution in [0.25, 0.3) is 0 Å². The molecular weight excluding hydrogens is 356 g/mol. The molecule has 7 nitrogen and oxygen atoms in total. The summed E-state index contributed by atoms with van der Waals surface area (Å²) in [7, 11) is 4.08. The molecule has 0 aliphatic rings. The number of benzene rings is 2. The summed E-state index contributed by atoms with van der Waals surface area (Å²) in [4.78, 5) is 14.3. The van der Waals surface area contributed by atoms with E-state index in [1.807, 2.05) is 0 Å². The van der Waals surface area contributed by atoms with Gasteiger partial charge in [-0.1, -0.05) is 0 Å². The molecule has 2 rings (SSSR count). The lowest BCUT2D eigenvalue weighted by Crippen LogP contribution is -2.26. The monoisotopic (exact) mass is 378 g/mol. The molecule has 1 amide bonds. The molecule has 26 heavy (non-hydrogen) atoms. The van der Waals surface area contributed by atoms with E-state index in [9.17, 15) is 13.2 Å². The molecule has 0 aliphatic heterocycles. The second-order valence-electron chi connectivity index (χ2n) is 5.72. The molecule has 0 saturated heterocycles. The first kappa shape index (κ1) is 19.7. The quantitative estimate of drug-likeness (QED) is 0.770. The van der Waals surface area contributed by atoms with Crippen LogP contribution in [0.3, 0.4) is 0 Å². The predicted octanol–water partition coefficient (Wildman–Crippen LogP) is 2.23. The van der Waals surface area contributed by atoms with Crippen LogP contribution in [0.2, 0.25) is 0 Å². The van der Waals surface area contributed by atoms with E-state index in [2.05, 4.69) is 0 Å². The maximum Gasteiger partial charge on any atom is 0.258 e. The van der Waals surface area contributed by atoms with Gasteiger partial charge in [0.15, 0.2) is 11.5 Å². The van der Waals surface area contributed by atoms with Gasteiger partial charge in [-0.05, 0) is 36.4 Å². The lowest BCUT2D eigenvalue weighted by atomic mass is 10.2.